The SMILES string of the molecule is CCc1ccccc1NC(=O)c1nc(C(=O)NC(C)C)c2ccccn12. The standard InChI is InChI=1S/C20H22N4O2/c1-4-14-9-5-6-10-15(14)22-20(26)18-23-17(19(25)21-13(2)3)16-11-7-8-12-24(16)18/h5-13H,4H2,1-3H3,(H,21,25)(H,22,26). The third-order valence-corrected chi connectivity index (χ3v) is 4.03. The molecule has 3 aromatic rings. The van der Waals surface area contributed by atoms with Crippen molar-refractivity contribution in [2.45, 2.75) is 33.2 Å². The van der Waals surface area contributed by atoms with Gasteiger partial charge >= 0.3 is 0 Å². The molecule has 26 heavy (non-hydrogen) atoms. The zero-order chi connectivity index (χ0) is 18.7. The Hall–Kier alpha value is -3.15. The van der Waals surface area contributed by atoms with Gasteiger partial charge < -0.3 is 10.6 Å². The van der Waals surface area contributed by atoms with Crippen LogP contribution in [0.4, 0.5) is 5.69 Å². The van der Waals surface area contributed by atoms with Crippen molar-refractivity contribution in [3.05, 3.63) is 65.7 Å². The van der Waals surface area contributed by atoms with E-state index in [4.69, 9.17) is 0 Å². The minimum Gasteiger partial charge on any atom is -0.348 e. The van der Waals surface area contributed by atoms with Gasteiger partial charge in [-0.2, -0.15) is 0 Å². The van der Waals surface area contributed by atoms with Crippen LogP contribution in [0, 0.1) is 0 Å². The van der Waals surface area contributed by atoms with Gasteiger partial charge in [-0.1, -0.05) is 31.2 Å². The Bertz CT molecular complexity index is 959. The largest absolute Gasteiger partial charge is 0.348 e. The molecule has 0 spiro atoms. The summed E-state index contributed by atoms with van der Waals surface area (Å²) >= 11 is 0. The van der Waals surface area contributed by atoms with E-state index in [1.807, 2.05) is 51.1 Å². The Morgan fingerprint density at radius 3 is 2.54 bits per heavy atom. The maximum atomic E-state index is 12.8. The van der Waals surface area contributed by atoms with Crippen molar-refractivity contribution in [3.63, 3.8) is 0 Å². The summed E-state index contributed by atoms with van der Waals surface area (Å²) in [5.74, 6) is -0.465. The summed E-state index contributed by atoms with van der Waals surface area (Å²) < 4.78 is 1.64. The molecule has 6 heteroatoms. The van der Waals surface area contributed by atoms with E-state index >= 15 is 0 Å². The second kappa shape index (κ2) is 7.39. The smallest absolute Gasteiger partial charge is 0.292 e. The number of anilines is 1. The molecule has 0 unspecified atom stereocenters. The maximum Gasteiger partial charge on any atom is 0.292 e. The maximum absolute atomic E-state index is 12.8. The Kier molecular flexibility index (Phi) is 5.02. The second-order valence-corrected chi connectivity index (χ2v) is 6.33. The molecular weight excluding hydrogens is 328 g/mol. The molecule has 0 saturated carbocycles. The zero-order valence-electron chi connectivity index (χ0n) is 15.1. The van der Waals surface area contributed by atoms with Crippen LogP contribution >= 0.6 is 0 Å². The fourth-order valence-electron chi connectivity index (χ4n) is 2.82. The summed E-state index contributed by atoms with van der Waals surface area (Å²) in [7, 11) is 0. The van der Waals surface area contributed by atoms with Crippen LogP contribution in [0.2, 0.25) is 0 Å². The topological polar surface area (TPSA) is 75.5 Å². The fourth-order valence-corrected chi connectivity index (χ4v) is 2.82. The van der Waals surface area contributed by atoms with Crippen molar-refractivity contribution in [1.29, 1.82) is 0 Å². The molecule has 0 radical (unpaired) electrons. The number of amides is 2. The lowest BCUT2D eigenvalue weighted by atomic mass is 10.1. The lowest BCUT2D eigenvalue weighted by Gasteiger charge is -2.08. The number of carbonyl (C=O) groups excluding carboxylic acids is 2. The van der Waals surface area contributed by atoms with Gasteiger partial charge in [0.15, 0.2) is 5.69 Å². The van der Waals surface area contributed by atoms with E-state index in [2.05, 4.69) is 15.6 Å². The first-order valence-electron chi connectivity index (χ1n) is 8.68. The van der Waals surface area contributed by atoms with Crippen LogP contribution in [0.25, 0.3) is 5.52 Å². The van der Waals surface area contributed by atoms with Crippen molar-refractivity contribution in [1.82, 2.24) is 14.7 Å². The molecule has 134 valence electrons. The average molecular weight is 350 g/mol. The quantitative estimate of drug-likeness (QED) is 0.741. The van der Waals surface area contributed by atoms with Crippen LogP contribution in [-0.4, -0.2) is 27.2 Å². The van der Waals surface area contributed by atoms with Crippen LogP contribution in [0.1, 0.15) is 47.4 Å². The van der Waals surface area contributed by atoms with Gasteiger partial charge in [0.05, 0.1) is 5.52 Å². The Labute approximate surface area is 152 Å². The number of aromatic nitrogens is 2. The van der Waals surface area contributed by atoms with Gasteiger partial charge in [0, 0.05) is 17.9 Å². The van der Waals surface area contributed by atoms with Gasteiger partial charge in [0.2, 0.25) is 5.82 Å². The van der Waals surface area contributed by atoms with Gasteiger partial charge in [0.25, 0.3) is 11.8 Å². The molecule has 3 rings (SSSR count). The summed E-state index contributed by atoms with van der Waals surface area (Å²) in [6.07, 6.45) is 2.54. The third kappa shape index (κ3) is 3.44. The van der Waals surface area contributed by atoms with E-state index in [1.165, 1.54) is 0 Å². The normalized spacial score (nSPS) is 10.9. The minimum atomic E-state index is -0.351. The second-order valence-electron chi connectivity index (χ2n) is 6.33. The Morgan fingerprint density at radius 2 is 1.81 bits per heavy atom. The van der Waals surface area contributed by atoms with E-state index in [0.717, 1.165) is 17.7 Å². The summed E-state index contributed by atoms with van der Waals surface area (Å²) in [6.45, 7) is 5.79. The molecule has 2 heterocycles. The minimum absolute atomic E-state index is 0.0170. The molecule has 0 aliphatic heterocycles. The number of benzene rings is 1. The molecule has 0 aliphatic rings. The summed E-state index contributed by atoms with van der Waals surface area (Å²) in [4.78, 5) is 29.6. The van der Waals surface area contributed by atoms with Crippen molar-refractivity contribution in [3.8, 4) is 0 Å². The van der Waals surface area contributed by atoms with Crippen LogP contribution in [0.3, 0.4) is 0 Å². The number of nitrogens with one attached hydrogen (secondary N) is 2. The molecular formula is C20H22N4O2. The van der Waals surface area contributed by atoms with Crippen LogP contribution in [0.15, 0.2) is 48.7 Å². The van der Waals surface area contributed by atoms with Crippen molar-refractivity contribution >= 4 is 23.0 Å². The average Bonchev–Trinajstić information content (AvgIpc) is 3.01. The zero-order valence-corrected chi connectivity index (χ0v) is 15.1. The number of pyridine rings is 1. The molecule has 0 aliphatic carbocycles. The lowest BCUT2D eigenvalue weighted by molar-refractivity contribution is 0.0940. The summed E-state index contributed by atoms with van der Waals surface area (Å²) in [5, 5.41) is 5.73. The van der Waals surface area contributed by atoms with Gasteiger partial charge in [0.1, 0.15) is 0 Å². The lowest BCUT2D eigenvalue weighted by Crippen LogP contribution is -2.30. The van der Waals surface area contributed by atoms with Crippen LogP contribution in [0.5, 0.6) is 0 Å². The first-order valence-corrected chi connectivity index (χ1v) is 8.68. The van der Waals surface area contributed by atoms with Crippen LogP contribution < -0.4 is 10.6 Å². The van der Waals surface area contributed by atoms with E-state index in [1.54, 1.807) is 22.7 Å². The van der Waals surface area contributed by atoms with Crippen molar-refractivity contribution in [2.75, 3.05) is 5.32 Å². The number of para-hydroxylation sites is 1. The molecule has 1 aromatic carbocycles. The van der Waals surface area contributed by atoms with Gasteiger partial charge in [-0.3, -0.25) is 14.0 Å². The Morgan fingerprint density at radius 1 is 1.08 bits per heavy atom. The number of nitrogens with zero attached hydrogens (tertiary/aromatic N) is 2. The molecule has 0 fully saturated rings. The molecule has 0 bridgehead atoms. The van der Waals surface area contributed by atoms with Gasteiger partial charge in [-0.25, -0.2) is 4.98 Å². The predicted molar refractivity (Wildman–Crippen MR) is 102 cm³/mol. The molecule has 2 amide bonds. The predicted octanol–water partition coefficient (Wildman–Crippen LogP) is 3.29. The highest BCUT2D eigenvalue weighted by Crippen LogP contribution is 2.18. The number of aryl methyl sites for hydroxylation is 1. The fraction of sp³-hybridized carbons (Fsp3) is 0.250. The van der Waals surface area contributed by atoms with Gasteiger partial charge in [-0.15, -0.1) is 0 Å². The highest BCUT2D eigenvalue weighted by atomic mass is 16.2. The van der Waals surface area contributed by atoms with Gasteiger partial charge in [-0.05, 0) is 44.0 Å². The summed E-state index contributed by atoms with van der Waals surface area (Å²) in [5.41, 5.74) is 2.63. The molecule has 6 nitrogen and oxygen atoms in total. The van der Waals surface area contributed by atoms with Crippen molar-refractivity contribution < 1.29 is 9.59 Å². The van der Waals surface area contributed by atoms with Crippen molar-refractivity contribution in [2.24, 2.45) is 0 Å². The summed E-state index contributed by atoms with van der Waals surface area (Å²) in [6, 6.07) is 13.0. The van der Waals surface area contributed by atoms with Crippen LogP contribution in [-0.2, 0) is 6.42 Å². The van der Waals surface area contributed by atoms with E-state index in [-0.39, 0.29) is 29.4 Å². The number of fused-ring (bicyclic) bond motifs is 1. The number of imidazole rings is 1. The number of rotatable bonds is 5. The monoisotopic (exact) mass is 350 g/mol. The Balaban J connectivity index is 1.99. The first kappa shape index (κ1) is 17.7. The number of hydrogen-bond acceptors (Lipinski definition) is 3. The molecule has 2 aromatic heterocycles. The third-order valence-electron chi connectivity index (χ3n) is 4.03. The number of hydrogen-bond donors (Lipinski definition) is 2. The van der Waals surface area contributed by atoms with E-state index < -0.39 is 0 Å². The highest BCUT2D eigenvalue weighted by molar-refractivity contribution is 6.06. The van der Waals surface area contributed by atoms with E-state index in [0.29, 0.717) is 5.52 Å². The molecule has 0 saturated heterocycles. The molecule has 0 atom stereocenters. The molecule has 2 N–H and O–H groups in total. The first-order chi connectivity index (χ1) is 12.5. The van der Waals surface area contributed by atoms with E-state index in [9.17, 15) is 9.59 Å². The highest BCUT2D eigenvalue weighted by Gasteiger charge is 2.22. The number of carbonyl (C=O) groups is 2.